The van der Waals surface area contributed by atoms with Crippen molar-refractivity contribution in [3.8, 4) is 11.1 Å². The largest absolute Gasteiger partial charge is 0.480 e. The average Bonchev–Trinajstić information content (AvgIpc) is 3.17. The van der Waals surface area contributed by atoms with Crippen LogP contribution in [0, 0.1) is 5.92 Å². The number of carbonyl (C=O) groups excluding carboxylic acids is 2. The van der Waals surface area contributed by atoms with Gasteiger partial charge in [0.15, 0.2) is 0 Å². The van der Waals surface area contributed by atoms with Crippen LogP contribution in [0.1, 0.15) is 69.4 Å². The number of fused-ring (bicyclic) bond motifs is 3. The maximum Gasteiger partial charge on any atom is 0.407 e. The molecule has 0 radical (unpaired) electrons. The highest BCUT2D eigenvalue weighted by Gasteiger charge is 2.29. The maximum atomic E-state index is 12.3. The zero-order chi connectivity index (χ0) is 25.2. The van der Waals surface area contributed by atoms with Gasteiger partial charge in [0.25, 0.3) is 0 Å². The highest BCUT2D eigenvalue weighted by Crippen LogP contribution is 2.44. The lowest BCUT2D eigenvalue weighted by Gasteiger charge is -2.16. The molecule has 1 unspecified atom stereocenters. The second kappa shape index (κ2) is 12.9. The average molecular weight is 481 g/mol. The van der Waals surface area contributed by atoms with E-state index in [9.17, 15) is 19.5 Å². The number of ether oxygens (including phenoxy) is 1. The van der Waals surface area contributed by atoms with Crippen molar-refractivity contribution >= 4 is 18.0 Å². The Labute approximate surface area is 207 Å². The van der Waals surface area contributed by atoms with Crippen molar-refractivity contribution in [2.24, 2.45) is 5.92 Å². The lowest BCUT2D eigenvalue weighted by atomic mass is 9.98. The topological polar surface area (TPSA) is 105 Å². The van der Waals surface area contributed by atoms with E-state index in [4.69, 9.17) is 4.74 Å². The predicted octanol–water partition coefficient (Wildman–Crippen LogP) is 5.09. The molecule has 0 aliphatic heterocycles. The summed E-state index contributed by atoms with van der Waals surface area (Å²) in [5.74, 6) is -1.01. The molecule has 1 aliphatic rings. The fourth-order valence-electron chi connectivity index (χ4n) is 4.52. The summed E-state index contributed by atoms with van der Waals surface area (Å²) in [7, 11) is 0. The summed E-state index contributed by atoms with van der Waals surface area (Å²) in [5, 5.41) is 14.7. The van der Waals surface area contributed by atoms with Crippen LogP contribution < -0.4 is 10.6 Å². The van der Waals surface area contributed by atoms with Crippen LogP contribution in [0.15, 0.2) is 48.5 Å². The summed E-state index contributed by atoms with van der Waals surface area (Å²) >= 11 is 0. The number of carboxylic acid groups (broad SMARTS) is 1. The van der Waals surface area contributed by atoms with E-state index >= 15 is 0 Å². The van der Waals surface area contributed by atoms with Crippen LogP contribution in [0.4, 0.5) is 4.79 Å². The number of hydrogen-bond donors (Lipinski definition) is 3. The van der Waals surface area contributed by atoms with Gasteiger partial charge in [0, 0.05) is 18.9 Å². The van der Waals surface area contributed by atoms with E-state index in [2.05, 4.69) is 34.9 Å². The van der Waals surface area contributed by atoms with Crippen LogP contribution in [0.5, 0.6) is 0 Å². The third-order valence-electron chi connectivity index (χ3n) is 6.59. The van der Waals surface area contributed by atoms with Gasteiger partial charge < -0.3 is 20.5 Å². The minimum Gasteiger partial charge on any atom is -0.480 e. The molecule has 1 aliphatic carbocycles. The van der Waals surface area contributed by atoms with E-state index in [1.54, 1.807) is 0 Å². The molecule has 2 amide bonds. The number of alkyl carbamates (subject to hydrolysis) is 1. The molecule has 188 valence electrons. The van der Waals surface area contributed by atoms with Gasteiger partial charge in [0.1, 0.15) is 12.6 Å². The smallest absolute Gasteiger partial charge is 0.407 e. The zero-order valence-corrected chi connectivity index (χ0v) is 20.6. The molecule has 35 heavy (non-hydrogen) atoms. The second-order valence-electron chi connectivity index (χ2n) is 9.29. The fraction of sp³-hybridized carbons (Fsp3) is 0.464. The van der Waals surface area contributed by atoms with Gasteiger partial charge in [-0.05, 0) is 47.4 Å². The van der Waals surface area contributed by atoms with Crippen LogP contribution in [-0.4, -0.2) is 42.3 Å². The van der Waals surface area contributed by atoms with E-state index in [1.165, 1.54) is 22.3 Å². The van der Waals surface area contributed by atoms with E-state index in [0.29, 0.717) is 25.8 Å². The van der Waals surface area contributed by atoms with Crippen LogP contribution in [-0.2, 0) is 14.3 Å². The van der Waals surface area contributed by atoms with Crippen molar-refractivity contribution in [2.45, 2.75) is 64.3 Å². The van der Waals surface area contributed by atoms with Crippen molar-refractivity contribution in [1.29, 1.82) is 0 Å². The first-order valence-electron chi connectivity index (χ1n) is 12.5. The van der Waals surface area contributed by atoms with Crippen molar-refractivity contribution in [1.82, 2.24) is 10.6 Å². The summed E-state index contributed by atoms with van der Waals surface area (Å²) in [6, 6.07) is 15.6. The molecule has 0 spiro atoms. The quantitative estimate of drug-likeness (QED) is 0.370. The molecular formula is C28H36N2O5. The van der Waals surface area contributed by atoms with Gasteiger partial charge in [0.05, 0.1) is 0 Å². The minimum atomic E-state index is -0.993. The van der Waals surface area contributed by atoms with Crippen LogP contribution in [0.3, 0.4) is 0 Å². The van der Waals surface area contributed by atoms with E-state index in [1.807, 2.05) is 38.1 Å². The normalized spacial score (nSPS) is 13.9. The Morgan fingerprint density at radius 1 is 0.971 bits per heavy atom. The molecular weight excluding hydrogens is 444 g/mol. The molecule has 3 rings (SSSR count). The first-order chi connectivity index (χ1) is 16.9. The number of aliphatic carboxylic acids is 1. The van der Waals surface area contributed by atoms with Crippen LogP contribution >= 0.6 is 0 Å². The van der Waals surface area contributed by atoms with Crippen molar-refractivity contribution in [3.05, 3.63) is 59.7 Å². The predicted molar refractivity (Wildman–Crippen MR) is 135 cm³/mol. The third kappa shape index (κ3) is 7.31. The van der Waals surface area contributed by atoms with Gasteiger partial charge in [-0.1, -0.05) is 75.2 Å². The van der Waals surface area contributed by atoms with Crippen molar-refractivity contribution in [3.63, 3.8) is 0 Å². The molecule has 3 N–H and O–H groups in total. The van der Waals surface area contributed by atoms with Gasteiger partial charge in [-0.3, -0.25) is 4.79 Å². The summed E-state index contributed by atoms with van der Waals surface area (Å²) < 4.78 is 5.55. The Kier molecular flexibility index (Phi) is 9.70. The molecule has 0 bridgehead atoms. The molecule has 2 aromatic rings. The number of amides is 2. The summed E-state index contributed by atoms with van der Waals surface area (Å²) in [4.78, 5) is 35.7. The standard InChI is InChI=1S/C28H36N2O5/c1-3-4-13-25(27(32)33)30-26(31)15-14-19(2)16-17-29-28(34)35-18-24-22-11-7-5-9-20(22)21-10-6-8-12-23(21)24/h5-12,19,24-25H,3-4,13-18H2,1-2H3,(H,29,34)(H,30,31)(H,32,33)/t19?,25-/m0/s1. The molecule has 0 saturated heterocycles. The van der Waals surface area contributed by atoms with Crippen LogP contribution in [0.2, 0.25) is 0 Å². The van der Waals surface area contributed by atoms with E-state index < -0.39 is 18.1 Å². The Morgan fingerprint density at radius 2 is 1.60 bits per heavy atom. The molecule has 7 heteroatoms. The van der Waals surface area contributed by atoms with Gasteiger partial charge in [-0.25, -0.2) is 9.59 Å². The number of carbonyl (C=O) groups is 3. The summed E-state index contributed by atoms with van der Waals surface area (Å²) in [6.45, 7) is 4.73. The van der Waals surface area contributed by atoms with Crippen LogP contribution in [0.25, 0.3) is 11.1 Å². The molecule has 0 aromatic heterocycles. The first-order valence-corrected chi connectivity index (χ1v) is 12.5. The third-order valence-corrected chi connectivity index (χ3v) is 6.59. The number of nitrogens with one attached hydrogen (secondary N) is 2. The molecule has 2 aromatic carbocycles. The molecule has 0 saturated carbocycles. The highest BCUT2D eigenvalue weighted by molar-refractivity contribution is 5.83. The summed E-state index contributed by atoms with van der Waals surface area (Å²) in [5.41, 5.74) is 4.73. The minimum absolute atomic E-state index is 0.0255. The molecule has 7 nitrogen and oxygen atoms in total. The Balaban J connectivity index is 1.36. The zero-order valence-electron chi connectivity index (χ0n) is 20.6. The Morgan fingerprint density at radius 3 is 2.20 bits per heavy atom. The van der Waals surface area contributed by atoms with E-state index in [0.717, 1.165) is 12.8 Å². The number of rotatable bonds is 13. The van der Waals surface area contributed by atoms with Gasteiger partial charge in [-0.2, -0.15) is 0 Å². The first kappa shape index (κ1) is 26.3. The number of benzene rings is 2. The summed E-state index contributed by atoms with van der Waals surface area (Å²) in [6.07, 6.45) is 3.23. The Hall–Kier alpha value is -3.35. The highest BCUT2D eigenvalue weighted by atomic mass is 16.5. The van der Waals surface area contributed by atoms with E-state index in [-0.39, 0.29) is 30.8 Å². The van der Waals surface area contributed by atoms with Crippen molar-refractivity contribution < 1.29 is 24.2 Å². The Bertz CT molecular complexity index is 976. The van der Waals surface area contributed by atoms with Crippen molar-refractivity contribution in [2.75, 3.05) is 13.2 Å². The monoisotopic (exact) mass is 480 g/mol. The fourth-order valence-corrected chi connectivity index (χ4v) is 4.52. The number of carboxylic acids is 1. The lowest BCUT2D eigenvalue weighted by Crippen LogP contribution is -2.40. The maximum absolute atomic E-state index is 12.3. The molecule has 2 atom stereocenters. The molecule has 0 fully saturated rings. The number of unbranched alkanes of at least 4 members (excludes halogenated alkanes) is 1. The second-order valence-corrected chi connectivity index (χ2v) is 9.29. The van der Waals surface area contributed by atoms with Gasteiger partial charge in [0.2, 0.25) is 5.91 Å². The van der Waals surface area contributed by atoms with Gasteiger partial charge in [-0.15, -0.1) is 0 Å². The molecule has 0 heterocycles. The SMILES string of the molecule is CCCC[C@H](NC(=O)CCC(C)CCNC(=O)OCC1c2ccccc2-c2ccccc21)C(=O)O. The van der Waals surface area contributed by atoms with Gasteiger partial charge >= 0.3 is 12.1 Å². The number of hydrogen-bond acceptors (Lipinski definition) is 4. The lowest BCUT2D eigenvalue weighted by molar-refractivity contribution is -0.142.